The Kier molecular flexibility index (Phi) is 5.54. The molecule has 1 saturated carbocycles. The molecule has 1 aliphatic carbocycles. The molecule has 33 heavy (non-hydrogen) atoms. The molecule has 172 valence electrons. The van der Waals surface area contributed by atoms with Crippen molar-refractivity contribution < 1.29 is 19.4 Å². The summed E-state index contributed by atoms with van der Waals surface area (Å²) in [6.07, 6.45) is 4.48. The molecule has 2 fully saturated rings. The van der Waals surface area contributed by atoms with Gasteiger partial charge in [-0.25, -0.2) is 0 Å². The maximum Gasteiger partial charge on any atom is 0.249 e. The minimum atomic E-state index is -0.935. The Morgan fingerprint density at radius 2 is 1.94 bits per heavy atom. The summed E-state index contributed by atoms with van der Waals surface area (Å²) in [4.78, 5) is 28.9. The normalized spacial score (nSPS) is 21.9. The first-order valence-electron chi connectivity index (χ1n) is 11.4. The number of aliphatic hydroxyl groups is 1. The molecule has 2 amide bonds. The number of amides is 2. The Labute approximate surface area is 191 Å². The summed E-state index contributed by atoms with van der Waals surface area (Å²) in [6.45, 7) is 0.353. The number of anilines is 1. The van der Waals surface area contributed by atoms with E-state index in [0.29, 0.717) is 18.7 Å². The van der Waals surface area contributed by atoms with Crippen molar-refractivity contribution in [1.29, 1.82) is 0 Å². The lowest BCUT2D eigenvalue weighted by molar-refractivity contribution is -0.143. The predicted molar refractivity (Wildman–Crippen MR) is 124 cm³/mol. The van der Waals surface area contributed by atoms with Crippen LogP contribution >= 0.6 is 0 Å². The number of benzene rings is 2. The Balaban J connectivity index is 1.43. The molecule has 1 aromatic heterocycles. The van der Waals surface area contributed by atoms with E-state index in [1.165, 1.54) is 0 Å². The highest BCUT2D eigenvalue weighted by Gasteiger charge is 2.50. The summed E-state index contributed by atoms with van der Waals surface area (Å²) in [5, 5.41) is 21.3. The number of aromatic amines is 1. The Morgan fingerprint density at radius 3 is 2.67 bits per heavy atom. The van der Waals surface area contributed by atoms with Crippen LogP contribution < -0.4 is 10.1 Å². The summed E-state index contributed by atoms with van der Waals surface area (Å²) in [5.41, 5.74) is 1.66. The molecule has 0 radical (unpaired) electrons. The number of H-pyrrole nitrogens is 1. The molecule has 0 spiro atoms. The predicted octanol–water partition coefficient (Wildman–Crippen LogP) is 2.98. The first-order chi connectivity index (χ1) is 16.0. The third-order valence-electron chi connectivity index (χ3n) is 7.15. The molecule has 8 nitrogen and oxygen atoms in total. The Hall–Kier alpha value is -3.39. The van der Waals surface area contributed by atoms with Gasteiger partial charge in [0.15, 0.2) is 0 Å². The van der Waals surface area contributed by atoms with E-state index in [4.69, 9.17) is 4.74 Å². The van der Waals surface area contributed by atoms with Crippen LogP contribution in [-0.4, -0.2) is 57.8 Å². The number of methoxy groups -OCH3 is 1. The Morgan fingerprint density at radius 1 is 1.18 bits per heavy atom. The van der Waals surface area contributed by atoms with Crippen molar-refractivity contribution in [2.45, 2.75) is 49.7 Å². The number of aliphatic hydroxyl groups excluding tert-OH is 1. The SMILES string of the molecule is COc1ccc(C2(C(=O)N3CC[C@H](O)[C@@H]3C(=O)Nc3cccc4[nH]ncc34)CCCC2)cc1. The molecule has 2 aromatic carbocycles. The maximum atomic E-state index is 14.0. The quantitative estimate of drug-likeness (QED) is 0.556. The first kappa shape index (κ1) is 21.5. The minimum Gasteiger partial charge on any atom is -0.497 e. The van der Waals surface area contributed by atoms with Crippen LogP contribution in [0.2, 0.25) is 0 Å². The highest BCUT2D eigenvalue weighted by Crippen LogP contribution is 2.44. The van der Waals surface area contributed by atoms with Crippen LogP contribution in [0.15, 0.2) is 48.7 Å². The number of nitrogens with one attached hydrogen (secondary N) is 2. The first-order valence-corrected chi connectivity index (χ1v) is 11.4. The number of aromatic nitrogens is 2. The van der Waals surface area contributed by atoms with Crippen LogP contribution in [0.3, 0.4) is 0 Å². The number of ether oxygens (including phenoxy) is 1. The van der Waals surface area contributed by atoms with Crippen molar-refractivity contribution in [3.05, 3.63) is 54.2 Å². The van der Waals surface area contributed by atoms with Gasteiger partial charge in [0.2, 0.25) is 11.8 Å². The van der Waals surface area contributed by atoms with Gasteiger partial charge in [0.1, 0.15) is 11.8 Å². The second-order valence-electron chi connectivity index (χ2n) is 8.94. The zero-order chi connectivity index (χ0) is 23.0. The zero-order valence-electron chi connectivity index (χ0n) is 18.6. The van der Waals surface area contributed by atoms with Gasteiger partial charge in [-0.1, -0.05) is 31.0 Å². The van der Waals surface area contributed by atoms with Crippen LogP contribution in [-0.2, 0) is 15.0 Å². The largest absolute Gasteiger partial charge is 0.497 e. The van der Waals surface area contributed by atoms with Crippen LogP contribution in [0.1, 0.15) is 37.7 Å². The molecular formula is C25H28N4O4. The maximum absolute atomic E-state index is 14.0. The van der Waals surface area contributed by atoms with Crippen molar-refractivity contribution in [2.75, 3.05) is 19.0 Å². The number of hydrogen-bond donors (Lipinski definition) is 3. The summed E-state index contributed by atoms with van der Waals surface area (Å²) >= 11 is 0. The van der Waals surface area contributed by atoms with E-state index in [9.17, 15) is 14.7 Å². The fourth-order valence-electron chi connectivity index (χ4n) is 5.39. The van der Waals surface area contributed by atoms with E-state index >= 15 is 0 Å². The highest BCUT2D eigenvalue weighted by atomic mass is 16.5. The molecule has 3 N–H and O–H groups in total. The molecule has 3 aromatic rings. The van der Waals surface area contributed by atoms with Gasteiger partial charge < -0.3 is 20.1 Å². The summed E-state index contributed by atoms with van der Waals surface area (Å²) in [7, 11) is 1.62. The molecule has 1 saturated heterocycles. The number of hydrogen-bond acceptors (Lipinski definition) is 5. The standard InChI is InChI=1S/C25H28N4O4/c1-33-17-9-7-16(8-10-17)25(12-2-3-13-25)24(32)29-14-11-21(30)22(29)23(31)27-19-5-4-6-20-18(19)15-26-28-20/h4-10,15,21-22,30H,2-3,11-14H2,1H3,(H,26,28)(H,27,31)/t21-,22+/m0/s1. The van der Waals surface area contributed by atoms with E-state index in [0.717, 1.165) is 47.9 Å². The highest BCUT2D eigenvalue weighted by molar-refractivity contribution is 6.05. The second kappa shape index (κ2) is 8.51. The number of rotatable bonds is 5. The zero-order valence-corrected chi connectivity index (χ0v) is 18.6. The molecule has 2 atom stereocenters. The fourth-order valence-corrected chi connectivity index (χ4v) is 5.39. The van der Waals surface area contributed by atoms with Crippen LogP contribution in [0.4, 0.5) is 5.69 Å². The lowest BCUT2D eigenvalue weighted by Crippen LogP contribution is -2.53. The summed E-state index contributed by atoms with van der Waals surface area (Å²) in [5.74, 6) is 0.273. The van der Waals surface area contributed by atoms with Gasteiger partial charge >= 0.3 is 0 Å². The summed E-state index contributed by atoms with van der Waals surface area (Å²) in [6, 6.07) is 12.2. The summed E-state index contributed by atoms with van der Waals surface area (Å²) < 4.78 is 5.28. The third-order valence-corrected chi connectivity index (χ3v) is 7.15. The van der Waals surface area contributed by atoms with Crippen LogP contribution in [0.25, 0.3) is 10.9 Å². The van der Waals surface area contributed by atoms with Crippen molar-refractivity contribution in [3.8, 4) is 5.75 Å². The van der Waals surface area contributed by atoms with Gasteiger partial charge in [0, 0.05) is 11.9 Å². The average molecular weight is 449 g/mol. The van der Waals surface area contributed by atoms with E-state index in [2.05, 4.69) is 15.5 Å². The molecule has 2 aliphatic rings. The number of nitrogens with zero attached hydrogens (tertiary/aromatic N) is 2. The molecule has 0 unspecified atom stereocenters. The number of carbonyl (C=O) groups is 2. The van der Waals surface area contributed by atoms with Crippen LogP contribution in [0, 0.1) is 0 Å². The van der Waals surface area contributed by atoms with Crippen molar-refractivity contribution in [2.24, 2.45) is 0 Å². The molecular weight excluding hydrogens is 420 g/mol. The molecule has 0 bridgehead atoms. The number of likely N-dealkylation sites (tertiary alicyclic amines) is 1. The van der Waals surface area contributed by atoms with E-state index in [-0.39, 0.29) is 11.8 Å². The van der Waals surface area contributed by atoms with Crippen molar-refractivity contribution in [1.82, 2.24) is 15.1 Å². The van der Waals surface area contributed by atoms with E-state index in [1.807, 2.05) is 36.4 Å². The molecule has 1 aliphatic heterocycles. The number of fused-ring (bicyclic) bond motifs is 1. The molecule has 5 rings (SSSR count). The lowest BCUT2D eigenvalue weighted by Gasteiger charge is -2.36. The second-order valence-corrected chi connectivity index (χ2v) is 8.94. The minimum absolute atomic E-state index is 0.0802. The lowest BCUT2D eigenvalue weighted by atomic mass is 9.77. The van der Waals surface area contributed by atoms with Crippen molar-refractivity contribution >= 4 is 28.4 Å². The Bertz CT molecular complexity index is 1170. The molecule has 8 heteroatoms. The van der Waals surface area contributed by atoms with Crippen LogP contribution in [0.5, 0.6) is 5.75 Å². The smallest absolute Gasteiger partial charge is 0.249 e. The van der Waals surface area contributed by atoms with Gasteiger partial charge in [-0.05, 0) is 49.1 Å². The van der Waals surface area contributed by atoms with E-state index < -0.39 is 17.6 Å². The van der Waals surface area contributed by atoms with Gasteiger partial charge in [-0.15, -0.1) is 0 Å². The third kappa shape index (κ3) is 3.64. The van der Waals surface area contributed by atoms with Gasteiger partial charge in [-0.3, -0.25) is 14.7 Å². The number of carbonyl (C=O) groups excluding carboxylic acids is 2. The van der Waals surface area contributed by atoms with Gasteiger partial charge in [-0.2, -0.15) is 5.10 Å². The average Bonchev–Trinajstić information content (AvgIpc) is 3.59. The van der Waals surface area contributed by atoms with Crippen molar-refractivity contribution in [3.63, 3.8) is 0 Å². The van der Waals surface area contributed by atoms with E-state index in [1.54, 1.807) is 24.3 Å². The topological polar surface area (TPSA) is 108 Å². The monoisotopic (exact) mass is 448 g/mol. The van der Waals surface area contributed by atoms with Gasteiger partial charge in [0.25, 0.3) is 0 Å². The van der Waals surface area contributed by atoms with Gasteiger partial charge in [0.05, 0.1) is 36.0 Å². The fraction of sp³-hybridized carbons (Fsp3) is 0.400. The molecule has 2 heterocycles.